The predicted molar refractivity (Wildman–Crippen MR) is 91.6 cm³/mol. The molecule has 1 aromatic heterocycles. The molecular formula is C19H18FN3. The molecule has 0 fully saturated rings. The van der Waals surface area contributed by atoms with Crippen LogP contribution in [-0.2, 0) is 0 Å². The topological polar surface area (TPSA) is 37.8 Å². The van der Waals surface area contributed by atoms with Crippen molar-refractivity contribution in [2.45, 2.75) is 19.9 Å². The monoisotopic (exact) mass is 307 g/mol. The molecule has 0 saturated carbocycles. The number of halogens is 1. The lowest BCUT2D eigenvalue weighted by atomic mass is 10.1. The van der Waals surface area contributed by atoms with Crippen LogP contribution in [0.5, 0.6) is 0 Å². The first kappa shape index (κ1) is 15.2. The van der Waals surface area contributed by atoms with E-state index in [1.165, 1.54) is 12.1 Å². The highest BCUT2D eigenvalue weighted by molar-refractivity contribution is 5.69. The maximum atomic E-state index is 13.2. The molecule has 0 aliphatic heterocycles. The first-order valence-corrected chi connectivity index (χ1v) is 7.59. The predicted octanol–water partition coefficient (Wildman–Crippen LogP) is 4.77. The molecule has 3 aromatic rings. The number of benzene rings is 2. The van der Waals surface area contributed by atoms with E-state index in [4.69, 9.17) is 0 Å². The van der Waals surface area contributed by atoms with Crippen molar-refractivity contribution in [3.8, 4) is 22.5 Å². The van der Waals surface area contributed by atoms with Crippen molar-refractivity contribution in [2.75, 3.05) is 5.32 Å². The third-order valence-corrected chi connectivity index (χ3v) is 3.35. The minimum atomic E-state index is -0.258. The van der Waals surface area contributed by atoms with Crippen LogP contribution in [0.15, 0.2) is 60.7 Å². The second kappa shape index (κ2) is 6.57. The largest absolute Gasteiger partial charge is 0.352 e. The van der Waals surface area contributed by atoms with Crippen LogP contribution < -0.4 is 5.32 Å². The van der Waals surface area contributed by atoms with Gasteiger partial charge in [-0.25, -0.2) is 14.4 Å². The van der Waals surface area contributed by atoms with Gasteiger partial charge in [-0.1, -0.05) is 30.3 Å². The van der Waals surface area contributed by atoms with Crippen molar-refractivity contribution < 1.29 is 4.39 Å². The minimum Gasteiger partial charge on any atom is -0.352 e. The lowest BCUT2D eigenvalue weighted by molar-refractivity contribution is 0.628. The number of aromatic nitrogens is 2. The third kappa shape index (κ3) is 3.72. The average molecular weight is 307 g/mol. The van der Waals surface area contributed by atoms with Gasteiger partial charge in [0.05, 0.1) is 11.4 Å². The minimum absolute atomic E-state index is 0.224. The van der Waals surface area contributed by atoms with Gasteiger partial charge in [0, 0.05) is 17.2 Å². The van der Waals surface area contributed by atoms with Crippen LogP contribution in [-0.4, -0.2) is 16.0 Å². The fraction of sp³-hybridized carbons (Fsp3) is 0.158. The normalized spacial score (nSPS) is 10.8. The molecule has 0 bridgehead atoms. The summed E-state index contributed by atoms with van der Waals surface area (Å²) in [4.78, 5) is 9.14. The van der Waals surface area contributed by atoms with Gasteiger partial charge in [-0.3, -0.25) is 0 Å². The van der Waals surface area contributed by atoms with Crippen molar-refractivity contribution in [3.63, 3.8) is 0 Å². The zero-order valence-electron chi connectivity index (χ0n) is 13.1. The zero-order chi connectivity index (χ0) is 16.2. The quantitative estimate of drug-likeness (QED) is 0.754. The second-order valence-corrected chi connectivity index (χ2v) is 5.63. The van der Waals surface area contributed by atoms with Gasteiger partial charge in [0.2, 0.25) is 5.95 Å². The maximum Gasteiger partial charge on any atom is 0.224 e. The lowest BCUT2D eigenvalue weighted by Gasteiger charge is -2.12. The van der Waals surface area contributed by atoms with Gasteiger partial charge < -0.3 is 5.32 Å². The van der Waals surface area contributed by atoms with Crippen LogP contribution in [0.3, 0.4) is 0 Å². The van der Waals surface area contributed by atoms with Crippen LogP contribution in [0.2, 0.25) is 0 Å². The molecule has 0 unspecified atom stereocenters. The van der Waals surface area contributed by atoms with Gasteiger partial charge in [0.15, 0.2) is 0 Å². The van der Waals surface area contributed by atoms with Crippen molar-refractivity contribution >= 4 is 5.95 Å². The van der Waals surface area contributed by atoms with E-state index in [0.717, 1.165) is 22.5 Å². The van der Waals surface area contributed by atoms with Crippen LogP contribution in [0.4, 0.5) is 10.3 Å². The Hall–Kier alpha value is -2.75. The first-order valence-electron chi connectivity index (χ1n) is 7.59. The zero-order valence-corrected chi connectivity index (χ0v) is 13.1. The molecule has 0 amide bonds. The molecule has 3 nitrogen and oxygen atoms in total. The molecule has 0 saturated heterocycles. The highest BCUT2D eigenvalue weighted by Crippen LogP contribution is 2.25. The smallest absolute Gasteiger partial charge is 0.224 e. The molecular weight excluding hydrogens is 289 g/mol. The van der Waals surface area contributed by atoms with E-state index in [2.05, 4.69) is 15.3 Å². The summed E-state index contributed by atoms with van der Waals surface area (Å²) in [6.07, 6.45) is 0. The highest BCUT2D eigenvalue weighted by atomic mass is 19.1. The maximum absolute atomic E-state index is 13.2. The molecule has 0 spiro atoms. The van der Waals surface area contributed by atoms with Crippen LogP contribution >= 0.6 is 0 Å². The number of hydrogen-bond donors (Lipinski definition) is 1. The Morgan fingerprint density at radius 1 is 0.826 bits per heavy atom. The molecule has 1 heterocycles. The highest BCUT2D eigenvalue weighted by Gasteiger charge is 2.09. The molecule has 3 rings (SSSR count). The third-order valence-electron chi connectivity index (χ3n) is 3.35. The summed E-state index contributed by atoms with van der Waals surface area (Å²) in [6.45, 7) is 4.08. The molecule has 4 heteroatoms. The number of nitrogens with zero attached hydrogens (tertiary/aromatic N) is 2. The van der Waals surface area contributed by atoms with E-state index < -0.39 is 0 Å². The number of rotatable bonds is 4. The Balaban J connectivity index is 2.09. The summed E-state index contributed by atoms with van der Waals surface area (Å²) in [7, 11) is 0. The lowest BCUT2D eigenvalue weighted by Crippen LogP contribution is -2.13. The van der Waals surface area contributed by atoms with E-state index in [1.54, 1.807) is 12.1 Å². The van der Waals surface area contributed by atoms with Crippen LogP contribution in [0, 0.1) is 5.82 Å². The van der Waals surface area contributed by atoms with Gasteiger partial charge in [-0.05, 0) is 44.2 Å². The molecule has 23 heavy (non-hydrogen) atoms. The van der Waals surface area contributed by atoms with Crippen molar-refractivity contribution in [2.24, 2.45) is 0 Å². The summed E-state index contributed by atoms with van der Waals surface area (Å²) in [5, 5.41) is 3.24. The molecule has 1 N–H and O–H groups in total. The van der Waals surface area contributed by atoms with Crippen LogP contribution in [0.1, 0.15) is 13.8 Å². The number of hydrogen-bond acceptors (Lipinski definition) is 3. The molecule has 0 aliphatic carbocycles. The summed E-state index contributed by atoms with van der Waals surface area (Å²) in [6, 6.07) is 18.4. The summed E-state index contributed by atoms with van der Waals surface area (Å²) in [5.74, 6) is 0.312. The Bertz CT molecular complexity index is 783. The number of nitrogens with one attached hydrogen (secondary N) is 1. The Labute approximate surface area is 135 Å². The summed E-state index contributed by atoms with van der Waals surface area (Å²) in [5.41, 5.74) is 3.48. The molecule has 0 atom stereocenters. The average Bonchev–Trinajstić information content (AvgIpc) is 2.55. The summed E-state index contributed by atoms with van der Waals surface area (Å²) >= 11 is 0. The van der Waals surface area contributed by atoms with E-state index >= 15 is 0 Å². The number of anilines is 1. The molecule has 0 radical (unpaired) electrons. The van der Waals surface area contributed by atoms with E-state index in [-0.39, 0.29) is 11.9 Å². The standard InChI is InChI=1S/C19H18FN3/c1-13(2)21-19-22-17(14-6-4-3-5-7-14)12-18(23-19)15-8-10-16(20)11-9-15/h3-13H,1-2H3,(H,21,22,23). The fourth-order valence-electron chi connectivity index (χ4n) is 2.30. The Kier molecular flexibility index (Phi) is 4.33. The van der Waals surface area contributed by atoms with E-state index in [1.807, 2.05) is 50.2 Å². The van der Waals surface area contributed by atoms with Gasteiger partial charge in [0.25, 0.3) is 0 Å². The van der Waals surface area contributed by atoms with E-state index in [9.17, 15) is 4.39 Å². The summed E-state index contributed by atoms with van der Waals surface area (Å²) < 4.78 is 13.2. The molecule has 2 aromatic carbocycles. The van der Waals surface area contributed by atoms with Crippen molar-refractivity contribution in [1.82, 2.24) is 9.97 Å². The van der Waals surface area contributed by atoms with Gasteiger partial charge >= 0.3 is 0 Å². The van der Waals surface area contributed by atoms with Gasteiger partial charge in [-0.15, -0.1) is 0 Å². The van der Waals surface area contributed by atoms with E-state index in [0.29, 0.717) is 5.95 Å². The Morgan fingerprint density at radius 3 is 1.96 bits per heavy atom. The van der Waals surface area contributed by atoms with Crippen molar-refractivity contribution in [1.29, 1.82) is 0 Å². The van der Waals surface area contributed by atoms with Gasteiger partial charge in [0.1, 0.15) is 5.82 Å². The fourth-order valence-corrected chi connectivity index (χ4v) is 2.30. The molecule has 0 aliphatic rings. The second-order valence-electron chi connectivity index (χ2n) is 5.63. The first-order chi connectivity index (χ1) is 11.1. The SMILES string of the molecule is CC(C)Nc1nc(-c2ccccc2)cc(-c2ccc(F)cc2)n1. The van der Waals surface area contributed by atoms with Crippen LogP contribution in [0.25, 0.3) is 22.5 Å². The Morgan fingerprint density at radius 2 is 1.39 bits per heavy atom. The molecule has 116 valence electrons. The van der Waals surface area contributed by atoms with Crippen molar-refractivity contribution in [3.05, 3.63) is 66.5 Å². The van der Waals surface area contributed by atoms with Gasteiger partial charge in [-0.2, -0.15) is 0 Å².